The Morgan fingerprint density at radius 1 is 1.56 bits per heavy atom. The Labute approximate surface area is 97.7 Å². The van der Waals surface area contributed by atoms with Crippen LogP contribution in [-0.4, -0.2) is 28.2 Å². The zero-order valence-electron chi connectivity index (χ0n) is 8.63. The van der Waals surface area contributed by atoms with Gasteiger partial charge in [0.05, 0.1) is 16.5 Å². The van der Waals surface area contributed by atoms with Gasteiger partial charge >= 0.3 is 0 Å². The quantitative estimate of drug-likeness (QED) is 0.762. The Kier molecular flexibility index (Phi) is 3.12. The summed E-state index contributed by atoms with van der Waals surface area (Å²) in [6, 6.07) is 0. The highest BCUT2D eigenvalue weighted by atomic mass is 32.2. The monoisotopic (exact) mass is 236 g/mol. The lowest BCUT2D eigenvalue weighted by Gasteiger charge is -2.15. The van der Waals surface area contributed by atoms with Crippen LogP contribution in [0.2, 0.25) is 0 Å². The van der Waals surface area contributed by atoms with E-state index >= 15 is 0 Å². The number of aliphatic hydroxyl groups excluding tert-OH is 1. The first-order valence-electron chi connectivity index (χ1n) is 4.75. The van der Waals surface area contributed by atoms with Crippen LogP contribution in [0.25, 0.3) is 0 Å². The van der Waals surface area contributed by atoms with Crippen LogP contribution in [0.15, 0.2) is 34.9 Å². The highest BCUT2D eigenvalue weighted by Crippen LogP contribution is 2.43. The zero-order chi connectivity index (χ0) is 11.5. The summed E-state index contributed by atoms with van der Waals surface area (Å²) in [6.45, 7) is 4.60. The standard InChI is InChI=1S/C10H12N4OS/c1-7-14(4-2-3-5-15)9-8(16-7)6-12-10(11)13-9/h2-3,6,15H,1,4-5H2,(H2,11,12,13)/b3-2+. The number of aliphatic hydroxyl groups is 1. The van der Waals surface area contributed by atoms with Crippen molar-refractivity contribution in [3.63, 3.8) is 0 Å². The fourth-order valence-corrected chi connectivity index (χ4v) is 2.26. The van der Waals surface area contributed by atoms with Crippen LogP contribution in [0.5, 0.6) is 0 Å². The number of nitrogens with two attached hydrogens (primary N) is 1. The molecule has 1 aromatic heterocycles. The summed E-state index contributed by atoms with van der Waals surface area (Å²) in [6.07, 6.45) is 5.24. The fraction of sp³-hybridized carbons (Fsp3) is 0.200. The van der Waals surface area contributed by atoms with E-state index in [1.165, 1.54) is 11.8 Å². The maximum absolute atomic E-state index is 8.67. The van der Waals surface area contributed by atoms with Crippen LogP contribution in [0.1, 0.15) is 0 Å². The summed E-state index contributed by atoms with van der Waals surface area (Å²) >= 11 is 1.52. The van der Waals surface area contributed by atoms with Crippen LogP contribution in [0, 0.1) is 0 Å². The summed E-state index contributed by atoms with van der Waals surface area (Å²) in [5.74, 6) is 1.04. The summed E-state index contributed by atoms with van der Waals surface area (Å²) in [4.78, 5) is 11.0. The molecule has 2 rings (SSSR count). The molecule has 0 saturated heterocycles. The van der Waals surface area contributed by atoms with E-state index in [9.17, 15) is 0 Å². The minimum Gasteiger partial charge on any atom is -0.392 e. The topological polar surface area (TPSA) is 75.3 Å². The van der Waals surface area contributed by atoms with Crippen LogP contribution in [0.3, 0.4) is 0 Å². The summed E-state index contributed by atoms with van der Waals surface area (Å²) in [5.41, 5.74) is 5.55. The van der Waals surface area contributed by atoms with Crippen molar-refractivity contribution in [2.24, 2.45) is 0 Å². The first-order chi connectivity index (χ1) is 7.72. The minimum atomic E-state index is 0.0340. The lowest BCUT2D eigenvalue weighted by Crippen LogP contribution is -2.18. The van der Waals surface area contributed by atoms with E-state index in [0.29, 0.717) is 6.54 Å². The molecule has 0 bridgehead atoms. The average Bonchev–Trinajstić information content (AvgIpc) is 2.56. The molecule has 2 heterocycles. The molecule has 5 nitrogen and oxygen atoms in total. The second kappa shape index (κ2) is 4.54. The smallest absolute Gasteiger partial charge is 0.222 e. The van der Waals surface area contributed by atoms with Gasteiger partial charge < -0.3 is 15.7 Å². The number of aromatic nitrogens is 2. The van der Waals surface area contributed by atoms with E-state index in [1.54, 1.807) is 12.3 Å². The molecule has 3 N–H and O–H groups in total. The van der Waals surface area contributed by atoms with Gasteiger partial charge in [0, 0.05) is 12.7 Å². The first kappa shape index (κ1) is 11.0. The summed E-state index contributed by atoms with van der Waals surface area (Å²) < 4.78 is 0. The van der Waals surface area contributed by atoms with Crippen molar-refractivity contribution < 1.29 is 5.11 Å². The number of anilines is 2. The molecule has 0 spiro atoms. The molecular weight excluding hydrogens is 224 g/mol. The number of thioether (sulfide) groups is 1. The maximum atomic E-state index is 8.67. The van der Waals surface area contributed by atoms with Gasteiger partial charge in [0.1, 0.15) is 0 Å². The Morgan fingerprint density at radius 3 is 3.12 bits per heavy atom. The first-order valence-corrected chi connectivity index (χ1v) is 5.56. The predicted octanol–water partition coefficient (Wildman–Crippen LogP) is 0.991. The van der Waals surface area contributed by atoms with Crippen LogP contribution < -0.4 is 10.6 Å². The molecule has 16 heavy (non-hydrogen) atoms. The Balaban J connectivity index is 2.24. The van der Waals surface area contributed by atoms with E-state index in [-0.39, 0.29) is 12.6 Å². The van der Waals surface area contributed by atoms with Gasteiger partial charge in [0.15, 0.2) is 5.82 Å². The summed E-state index contributed by atoms with van der Waals surface area (Å²) in [5, 5.41) is 9.55. The minimum absolute atomic E-state index is 0.0340. The van der Waals surface area contributed by atoms with E-state index in [1.807, 2.05) is 11.0 Å². The Hall–Kier alpha value is -1.53. The highest BCUT2D eigenvalue weighted by molar-refractivity contribution is 8.03. The molecule has 84 valence electrons. The zero-order valence-corrected chi connectivity index (χ0v) is 9.44. The third kappa shape index (κ3) is 2.02. The molecule has 0 aromatic carbocycles. The maximum Gasteiger partial charge on any atom is 0.222 e. The van der Waals surface area contributed by atoms with Crippen LogP contribution in [0.4, 0.5) is 11.8 Å². The molecule has 0 saturated carbocycles. The number of fused-ring (bicyclic) bond motifs is 1. The third-order valence-corrected chi connectivity index (χ3v) is 3.06. The number of nitrogen functional groups attached to an aromatic ring is 1. The second-order valence-corrected chi connectivity index (χ2v) is 4.29. The van der Waals surface area contributed by atoms with Crippen molar-refractivity contribution in [3.8, 4) is 0 Å². The van der Waals surface area contributed by atoms with E-state index < -0.39 is 0 Å². The summed E-state index contributed by atoms with van der Waals surface area (Å²) in [7, 11) is 0. The molecule has 1 aliphatic rings. The van der Waals surface area contributed by atoms with Crippen molar-refractivity contribution in [1.82, 2.24) is 9.97 Å². The molecular formula is C10H12N4OS. The van der Waals surface area contributed by atoms with Gasteiger partial charge in [-0.25, -0.2) is 4.98 Å². The van der Waals surface area contributed by atoms with Gasteiger partial charge in [-0.3, -0.25) is 0 Å². The number of hydrogen-bond acceptors (Lipinski definition) is 6. The van der Waals surface area contributed by atoms with Crippen molar-refractivity contribution in [1.29, 1.82) is 0 Å². The SMILES string of the molecule is C=C1Sc2cnc(N)nc2N1C/C=C/CO. The average molecular weight is 236 g/mol. The molecule has 1 aliphatic heterocycles. The number of nitrogens with zero attached hydrogens (tertiary/aromatic N) is 3. The molecule has 1 aromatic rings. The molecule has 0 amide bonds. The number of hydrogen-bond donors (Lipinski definition) is 2. The van der Waals surface area contributed by atoms with Gasteiger partial charge in [0.25, 0.3) is 0 Å². The third-order valence-electron chi connectivity index (χ3n) is 2.10. The van der Waals surface area contributed by atoms with E-state index in [0.717, 1.165) is 15.7 Å². The second-order valence-electron chi connectivity index (χ2n) is 3.18. The van der Waals surface area contributed by atoms with Gasteiger partial charge in [-0.1, -0.05) is 30.5 Å². The Bertz CT molecular complexity index is 446. The fourth-order valence-electron chi connectivity index (χ4n) is 1.38. The lowest BCUT2D eigenvalue weighted by atomic mass is 10.4. The van der Waals surface area contributed by atoms with Crippen molar-refractivity contribution >= 4 is 23.5 Å². The van der Waals surface area contributed by atoms with Gasteiger partial charge in [-0.2, -0.15) is 4.98 Å². The van der Waals surface area contributed by atoms with Crippen LogP contribution in [-0.2, 0) is 0 Å². The van der Waals surface area contributed by atoms with E-state index in [2.05, 4.69) is 16.5 Å². The highest BCUT2D eigenvalue weighted by Gasteiger charge is 2.24. The molecule has 0 aliphatic carbocycles. The molecule has 0 fully saturated rings. The Morgan fingerprint density at radius 2 is 2.38 bits per heavy atom. The van der Waals surface area contributed by atoms with Crippen molar-refractivity contribution in [2.75, 3.05) is 23.8 Å². The normalized spacial score (nSPS) is 14.8. The van der Waals surface area contributed by atoms with Crippen LogP contribution >= 0.6 is 11.8 Å². The molecule has 0 unspecified atom stereocenters. The van der Waals surface area contributed by atoms with E-state index in [4.69, 9.17) is 10.8 Å². The predicted molar refractivity (Wildman–Crippen MR) is 65.0 cm³/mol. The van der Waals surface area contributed by atoms with Gasteiger partial charge in [-0.05, 0) is 0 Å². The largest absolute Gasteiger partial charge is 0.392 e. The van der Waals surface area contributed by atoms with Gasteiger partial charge in [0.2, 0.25) is 5.95 Å². The molecule has 0 radical (unpaired) electrons. The molecule has 0 atom stereocenters. The van der Waals surface area contributed by atoms with Gasteiger partial charge in [-0.15, -0.1) is 0 Å². The van der Waals surface area contributed by atoms with Crippen molar-refractivity contribution in [3.05, 3.63) is 30.0 Å². The lowest BCUT2D eigenvalue weighted by molar-refractivity contribution is 0.342. The number of rotatable bonds is 3. The molecule has 6 heteroatoms. The van der Waals surface area contributed by atoms with Crippen molar-refractivity contribution in [2.45, 2.75) is 4.90 Å².